The molecule has 2 atom stereocenters. The molecule has 0 bridgehead atoms. The number of carboxylic acid groups (broad SMARTS) is 1. The molecule has 1 rings (SSSR count). The number of likely N-dealkylation sites (tertiary alicyclic amines) is 1. The first-order valence-corrected chi connectivity index (χ1v) is 5.82. The molecular formula is C11H22N2O3. The standard InChI is InChI=1S/C11H22N2O3/c1-11(16,10(14)15)8-13-6-4-3-5-9(13)7-12-2/h9,12,16H,3-8H2,1-2H3,(H,14,15). The fraction of sp³-hybridized carbons (Fsp3) is 0.909. The molecule has 0 saturated carbocycles. The molecule has 1 saturated heterocycles. The fourth-order valence-electron chi connectivity index (χ4n) is 2.20. The summed E-state index contributed by atoms with van der Waals surface area (Å²) in [6.07, 6.45) is 3.32. The number of rotatable bonds is 5. The lowest BCUT2D eigenvalue weighted by molar-refractivity contribution is -0.159. The molecule has 0 amide bonds. The van der Waals surface area contributed by atoms with Crippen molar-refractivity contribution < 1.29 is 15.0 Å². The van der Waals surface area contributed by atoms with Gasteiger partial charge in [-0.3, -0.25) is 4.90 Å². The first-order chi connectivity index (χ1) is 7.47. The second-order valence-corrected chi connectivity index (χ2v) is 4.76. The summed E-state index contributed by atoms with van der Waals surface area (Å²) < 4.78 is 0. The summed E-state index contributed by atoms with van der Waals surface area (Å²) in [5.74, 6) is -1.15. The molecule has 16 heavy (non-hydrogen) atoms. The summed E-state index contributed by atoms with van der Waals surface area (Å²) in [6.45, 7) is 3.28. The van der Waals surface area contributed by atoms with E-state index in [1.54, 1.807) is 0 Å². The Labute approximate surface area is 96.4 Å². The predicted molar refractivity (Wildman–Crippen MR) is 61.4 cm³/mol. The zero-order valence-electron chi connectivity index (χ0n) is 10.1. The third kappa shape index (κ3) is 3.43. The van der Waals surface area contributed by atoms with Crippen molar-refractivity contribution in [3.8, 4) is 0 Å². The summed E-state index contributed by atoms with van der Waals surface area (Å²) in [6, 6.07) is 0.338. The number of aliphatic carboxylic acids is 1. The predicted octanol–water partition coefficient (Wildman–Crippen LogP) is -0.104. The van der Waals surface area contributed by atoms with Gasteiger partial charge in [0.05, 0.1) is 0 Å². The van der Waals surface area contributed by atoms with Crippen LogP contribution >= 0.6 is 0 Å². The van der Waals surface area contributed by atoms with Gasteiger partial charge < -0.3 is 15.5 Å². The van der Waals surface area contributed by atoms with Gasteiger partial charge in [-0.25, -0.2) is 4.79 Å². The molecule has 5 heteroatoms. The van der Waals surface area contributed by atoms with E-state index in [0.717, 1.165) is 25.9 Å². The Kier molecular flexibility index (Phi) is 4.70. The summed E-state index contributed by atoms with van der Waals surface area (Å²) in [5.41, 5.74) is -1.65. The fourth-order valence-corrected chi connectivity index (χ4v) is 2.20. The normalized spacial score (nSPS) is 26.3. The van der Waals surface area contributed by atoms with E-state index >= 15 is 0 Å². The van der Waals surface area contributed by atoms with Gasteiger partial charge in [0.1, 0.15) is 0 Å². The molecule has 0 spiro atoms. The summed E-state index contributed by atoms with van der Waals surface area (Å²) in [4.78, 5) is 12.9. The van der Waals surface area contributed by atoms with Crippen LogP contribution in [-0.4, -0.2) is 59.4 Å². The highest BCUT2D eigenvalue weighted by Crippen LogP contribution is 2.19. The average Bonchev–Trinajstić information content (AvgIpc) is 2.20. The third-order valence-electron chi connectivity index (χ3n) is 3.16. The van der Waals surface area contributed by atoms with E-state index in [4.69, 9.17) is 5.11 Å². The van der Waals surface area contributed by atoms with Crippen molar-refractivity contribution in [3.63, 3.8) is 0 Å². The van der Waals surface area contributed by atoms with Crippen LogP contribution < -0.4 is 5.32 Å². The lowest BCUT2D eigenvalue weighted by Gasteiger charge is -2.38. The first-order valence-electron chi connectivity index (χ1n) is 5.82. The molecular weight excluding hydrogens is 208 g/mol. The number of carbonyl (C=O) groups is 1. The van der Waals surface area contributed by atoms with Crippen LogP contribution in [0.2, 0.25) is 0 Å². The molecule has 1 heterocycles. The highest BCUT2D eigenvalue weighted by Gasteiger charge is 2.35. The molecule has 2 unspecified atom stereocenters. The molecule has 3 N–H and O–H groups in total. The molecule has 1 aliphatic rings. The number of aliphatic hydroxyl groups is 1. The van der Waals surface area contributed by atoms with Crippen molar-refractivity contribution in [1.29, 1.82) is 0 Å². The maximum Gasteiger partial charge on any atom is 0.336 e. The Balaban J connectivity index is 2.58. The van der Waals surface area contributed by atoms with Crippen LogP contribution in [0.1, 0.15) is 26.2 Å². The van der Waals surface area contributed by atoms with Crippen molar-refractivity contribution in [2.24, 2.45) is 0 Å². The molecule has 0 aromatic rings. The summed E-state index contributed by atoms with van der Waals surface area (Å²) >= 11 is 0. The van der Waals surface area contributed by atoms with Crippen LogP contribution in [0.5, 0.6) is 0 Å². The Hall–Kier alpha value is -0.650. The Bertz CT molecular complexity index is 241. The number of nitrogens with one attached hydrogen (secondary N) is 1. The minimum atomic E-state index is -1.65. The van der Waals surface area contributed by atoms with Crippen molar-refractivity contribution >= 4 is 5.97 Å². The van der Waals surface area contributed by atoms with Gasteiger partial charge >= 0.3 is 5.97 Å². The van der Waals surface area contributed by atoms with Gasteiger partial charge in [0, 0.05) is 19.1 Å². The van der Waals surface area contributed by atoms with Gasteiger partial charge in [-0.15, -0.1) is 0 Å². The molecule has 0 aromatic heterocycles. The number of β-amino-alcohol motifs (C(OH)–C–C–N with tert-alkyl or cyclic N) is 1. The first kappa shape index (κ1) is 13.4. The number of hydrogen-bond donors (Lipinski definition) is 3. The van der Waals surface area contributed by atoms with Crippen molar-refractivity contribution in [2.45, 2.75) is 37.8 Å². The second kappa shape index (κ2) is 5.61. The van der Waals surface area contributed by atoms with Crippen molar-refractivity contribution in [3.05, 3.63) is 0 Å². The van der Waals surface area contributed by atoms with Crippen LogP contribution in [0, 0.1) is 0 Å². The van der Waals surface area contributed by atoms with E-state index in [0.29, 0.717) is 6.04 Å². The lowest BCUT2D eigenvalue weighted by Crippen LogP contribution is -2.53. The second-order valence-electron chi connectivity index (χ2n) is 4.76. The zero-order valence-corrected chi connectivity index (χ0v) is 10.1. The monoisotopic (exact) mass is 230 g/mol. The molecule has 0 aromatic carbocycles. The minimum Gasteiger partial charge on any atom is -0.479 e. The number of piperidine rings is 1. The molecule has 5 nitrogen and oxygen atoms in total. The maximum atomic E-state index is 10.9. The van der Waals surface area contributed by atoms with E-state index in [9.17, 15) is 9.90 Å². The van der Waals surface area contributed by atoms with Crippen LogP contribution in [0.3, 0.4) is 0 Å². The molecule has 94 valence electrons. The van der Waals surface area contributed by atoms with Crippen LogP contribution in [-0.2, 0) is 4.79 Å². The van der Waals surface area contributed by atoms with E-state index in [1.807, 2.05) is 7.05 Å². The van der Waals surface area contributed by atoms with Gasteiger partial charge in [-0.2, -0.15) is 0 Å². The quantitative estimate of drug-likeness (QED) is 0.615. The molecule has 0 aliphatic carbocycles. The molecule has 1 aliphatic heterocycles. The van der Waals surface area contributed by atoms with Crippen LogP contribution in [0.4, 0.5) is 0 Å². The van der Waals surface area contributed by atoms with Crippen LogP contribution in [0.25, 0.3) is 0 Å². The highest BCUT2D eigenvalue weighted by atomic mass is 16.4. The minimum absolute atomic E-state index is 0.203. The number of nitrogens with zero attached hydrogens (tertiary/aromatic N) is 1. The topological polar surface area (TPSA) is 72.8 Å². The van der Waals surface area contributed by atoms with E-state index in [-0.39, 0.29) is 6.54 Å². The Morgan fingerprint density at radius 3 is 2.81 bits per heavy atom. The molecule has 1 fully saturated rings. The number of carboxylic acids is 1. The number of hydrogen-bond acceptors (Lipinski definition) is 4. The van der Waals surface area contributed by atoms with Gasteiger partial charge in [-0.1, -0.05) is 6.42 Å². The van der Waals surface area contributed by atoms with Gasteiger partial charge in [0.2, 0.25) is 0 Å². The van der Waals surface area contributed by atoms with Gasteiger partial charge in [0.15, 0.2) is 5.60 Å². The maximum absolute atomic E-state index is 10.9. The number of likely N-dealkylation sites (N-methyl/N-ethyl adjacent to an activating group) is 1. The lowest BCUT2D eigenvalue weighted by atomic mass is 9.98. The van der Waals surface area contributed by atoms with Gasteiger partial charge in [-0.05, 0) is 33.4 Å². The van der Waals surface area contributed by atoms with Crippen molar-refractivity contribution in [2.75, 3.05) is 26.7 Å². The highest BCUT2D eigenvalue weighted by molar-refractivity contribution is 5.76. The smallest absolute Gasteiger partial charge is 0.336 e. The largest absolute Gasteiger partial charge is 0.479 e. The summed E-state index contributed by atoms with van der Waals surface area (Å²) in [7, 11) is 1.89. The Morgan fingerprint density at radius 1 is 1.56 bits per heavy atom. The van der Waals surface area contributed by atoms with E-state index < -0.39 is 11.6 Å². The summed E-state index contributed by atoms with van der Waals surface area (Å²) in [5, 5.41) is 21.8. The Morgan fingerprint density at radius 2 is 2.25 bits per heavy atom. The van der Waals surface area contributed by atoms with Gasteiger partial charge in [0.25, 0.3) is 0 Å². The van der Waals surface area contributed by atoms with E-state index in [2.05, 4.69) is 10.2 Å². The molecule has 0 radical (unpaired) electrons. The zero-order chi connectivity index (χ0) is 12.2. The van der Waals surface area contributed by atoms with Crippen LogP contribution in [0.15, 0.2) is 0 Å². The average molecular weight is 230 g/mol. The van der Waals surface area contributed by atoms with E-state index in [1.165, 1.54) is 13.3 Å². The SMILES string of the molecule is CNCC1CCCCN1CC(C)(O)C(=O)O. The third-order valence-corrected chi connectivity index (χ3v) is 3.16. The van der Waals surface area contributed by atoms with Crippen molar-refractivity contribution in [1.82, 2.24) is 10.2 Å².